The molecule has 0 unspecified atom stereocenters. The number of nitrogens with zero attached hydrogens (tertiary/aromatic N) is 1. The third-order valence-corrected chi connectivity index (χ3v) is 6.79. The Hall–Kier alpha value is -1.66. The summed E-state index contributed by atoms with van der Waals surface area (Å²) in [5.41, 5.74) is 0.982. The monoisotopic (exact) mass is 361 g/mol. The Morgan fingerprint density at radius 2 is 2.12 bits per heavy atom. The SMILES string of the molecule is O=C(Cc1ccc2c(c1)OCO2)N1CCS[C@@H](c2cccs2)CC1. The summed E-state index contributed by atoms with van der Waals surface area (Å²) in [6, 6.07) is 10.1. The van der Waals surface area contributed by atoms with Crippen LogP contribution in [0.2, 0.25) is 0 Å². The number of carbonyl (C=O) groups is 1. The molecule has 6 heteroatoms. The first kappa shape index (κ1) is 15.8. The van der Waals surface area contributed by atoms with Crippen molar-refractivity contribution in [3.63, 3.8) is 0 Å². The van der Waals surface area contributed by atoms with Crippen molar-refractivity contribution in [3.05, 3.63) is 46.2 Å². The lowest BCUT2D eigenvalue weighted by atomic mass is 10.1. The van der Waals surface area contributed by atoms with Gasteiger partial charge in [-0.1, -0.05) is 12.1 Å². The van der Waals surface area contributed by atoms with Crippen molar-refractivity contribution >= 4 is 29.0 Å². The predicted octanol–water partition coefficient (Wildman–Crippen LogP) is 3.73. The molecule has 0 saturated carbocycles. The minimum absolute atomic E-state index is 0.196. The van der Waals surface area contributed by atoms with Crippen molar-refractivity contribution in [2.45, 2.75) is 18.1 Å². The van der Waals surface area contributed by atoms with Gasteiger partial charge in [0.15, 0.2) is 11.5 Å². The lowest BCUT2D eigenvalue weighted by Crippen LogP contribution is -2.34. The van der Waals surface area contributed by atoms with E-state index in [0.717, 1.165) is 42.3 Å². The van der Waals surface area contributed by atoms with Gasteiger partial charge in [-0.3, -0.25) is 4.79 Å². The molecule has 4 rings (SSSR count). The normalized spacial score (nSPS) is 20.0. The van der Waals surface area contributed by atoms with Crippen molar-refractivity contribution in [1.82, 2.24) is 4.90 Å². The summed E-state index contributed by atoms with van der Waals surface area (Å²) in [7, 11) is 0. The third-order valence-electron chi connectivity index (χ3n) is 4.35. The van der Waals surface area contributed by atoms with Gasteiger partial charge in [0.2, 0.25) is 12.7 Å². The van der Waals surface area contributed by atoms with Crippen LogP contribution in [-0.4, -0.2) is 36.4 Å². The maximum absolute atomic E-state index is 12.7. The molecule has 126 valence electrons. The fourth-order valence-corrected chi connectivity index (χ4v) is 5.30. The zero-order chi connectivity index (χ0) is 16.4. The van der Waals surface area contributed by atoms with Gasteiger partial charge in [-0.05, 0) is 35.6 Å². The van der Waals surface area contributed by atoms with Gasteiger partial charge in [-0.2, -0.15) is 11.8 Å². The molecule has 0 spiro atoms. The summed E-state index contributed by atoms with van der Waals surface area (Å²) in [6.07, 6.45) is 1.45. The number of rotatable bonds is 3. The van der Waals surface area contributed by atoms with Crippen LogP contribution < -0.4 is 9.47 Å². The van der Waals surface area contributed by atoms with Gasteiger partial charge < -0.3 is 14.4 Å². The molecule has 0 radical (unpaired) electrons. The molecule has 1 aromatic heterocycles. The molecular formula is C18H19NO3S2. The van der Waals surface area contributed by atoms with E-state index in [2.05, 4.69) is 17.5 Å². The smallest absolute Gasteiger partial charge is 0.231 e. The van der Waals surface area contributed by atoms with Gasteiger partial charge in [-0.25, -0.2) is 0 Å². The van der Waals surface area contributed by atoms with Crippen molar-refractivity contribution < 1.29 is 14.3 Å². The van der Waals surface area contributed by atoms with E-state index in [0.29, 0.717) is 11.7 Å². The molecule has 0 N–H and O–H groups in total. The predicted molar refractivity (Wildman–Crippen MR) is 97.0 cm³/mol. The van der Waals surface area contributed by atoms with Crippen LogP contribution in [0.1, 0.15) is 22.1 Å². The molecule has 1 atom stereocenters. The number of carbonyl (C=O) groups excluding carboxylic acids is 1. The van der Waals surface area contributed by atoms with E-state index < -0.39 is 0 Å². The van der Waals surface area contributed by atoms with Crippen LogP contribution in [0.25, 0.3) is 0 Å². The fraction of sp³-hybridized carbons (Fsp3) is 0.389. The van der Waals surface area contributed by atoms with Crippen molar-refractivity contribution in [2.75, 3.05) is 25.6 Å². The van der Waals surface area contributed by atoms with E-state index in [1.165, 1.54) is 4.88 Å². The first-order valence-electron chi connectivity index (χ1n) is 8.11. The molecule has 1 fully saturated rings. The van der Waals surface area contributed by atoms with Crippen LogP contribution >= 0.6 is 23.1 Å². The molecular weight excluding hydrogens is 342 g/mol. The molecule has 3 heterocycles. The number of hydrogen-bond acceptors (Lipinski definition) is 5. The highest BCUT2D eigenvalue weighted by Crippen LogP contribution is 2.37. The molecule has 4 nitrogen and oxygen atoms in total. The van der Waals surface area contributed by atoms with Crippen LogP contribution in [0, 0.1) is 0 Å². The molecule has 1 amide bonds. The molecule has 0 aliphatic carbocycles. The van der Waals surface area contributed by atoms with Crippen LogP contribution in [0.5, 0.6) is 11.5 Å². The van der Waals surface area contributed by atoms with E-state index in [1.54, 1.807) is 0 Å². The second kappa shape index (κ2) is 7.07. The van der Waals surface area contributed by atoms with Gasteiger partial charge in [0.05, 0.1) is 6.42 Å². The molecule has 2 aliphatic rings. The zero-order valence-corrected chi connectivity index (χ0v) is 14.9. The summed E-state index contributed by atoms with van der Waals surface area (Å²) in [5.74, 6) is 2.69. The van der Waals surface area contributed by atoms with Gasteiger partial charge in [0, 0.05) is 29.0 Å². The van der Waals surface area contributed by atoms with Crippen molar-refractivity contribution in [1.29, 1.82) is 0 Å². The Kier molecular flexibility index (Phi) is 4.67. The van der Waals surface area contributed by atoms with Gasteiger partial charge in [-0.15, -0.1) is 11.3 Å². The summed E-state index contributed by atoms with van der Waals surface area (Å²) in [6.45, 7) is 1.93. The number of benzene rings is 1. The van der Waals surface area contributed by atoms with Gasteiger partial charge in [0.1, 0.15) is 0 Å². The van der Waals surface area contributed by atoms with E-state index >= 15 is 0 Å². The highest BCUT2D eigenvalue weighted by molar-refractivity contribution is 7.99. The Morgan fingerprint density at radius 3 is 3.00 bits per heavy atom. The van der Waals surface area contributed by atoms with E-state index in [9.17, 15) is 4.79 Å². The Labute approximate surface area is 149 Å². The number of thiophene rings is 1. The lowest BCUT2D eigenvalue weighted by molar-refractivity contribution is -0.130. The van der Waals surface area contributed by atoms with E-state index in [4.69, 9.17) is 9.47 Å². The van der Waals surface area contributed by atoms with Crippen molar-refractivity contribution in [2.24, 2.45) is 0 Å². The van der Waals surface area contributed by atoms with Crippen LogP contribution in [0.3, 0.4) is 0 Å². The highest BCUT2D eigenvalue weighted by Gasteiger charge is 2.23. The number of fused-ring (bicyclic) bond motifs is 1. The lowest BCUT2D eigenvalue weighted by Gasteiger charge is -2.20. The Morgan fingerprint density at radius 1 is 1.21 bits per heavy atom. The second-order valence-corrected chi connectivity index (χ2v) is 8.20. The minimum atomic E-state index is 0.196. The first-order chi connectivity index (χ1) is 11.8. The van der Waals surface area contributed by atoms with Gasteiger partial charge >= 0.3 is 0 Å². The molecule has 0 bridgehead atoms. The number of thioether (sulfide) groups is 1. The van der Waals surface area contributed by atoms with E-state index in [1.807, 2.05) is 46.2 Å². The maximum atomic E-state index is 12.7. The average molecular weight is 361 g/mol. The minimum Gasteiger partial charge on any atom is -0.454 e. The summed E-state index contributed by atoms with van der Waals surface area (Å²) in [4.78, 5) is 16.1. The largest absolute Gasteiger partial charge is 0.454 e. The highest BCUT2D eigenvalue weighted by atomic mass is 32.2. The first-order valence-corrected chi connectivity index (χ1v) is 10.0. The average Bonchev–Trinajstić information content (AvgIpc) is 3.22. The van der Waals surface area contributed by atoms with Crippen LogP contribution in [0.15, 0.2) is 35.7 Å². The van der Waals surface area contributed by atoms with Crippen LogP contribution in [-0.2, 0) is 11.2 Å². The Balaban J connectivity index is 1.38. The molecule has 1 saturated heterocycles. The molecule has 2 aliphatic heterocycles. The quantitative estimate of drug-likeness (QED) is 0.835. The number of ether oxygens (including phenoxy) is 2. The maximum Gasteiger partial charge on any atom is 0.231 e. The molecule has 2 aromatic rings. The molecule has 24 heavy (non-hydrogen) atoms. The summed E-state index contributed by atoms with van der Waals surface area (Å²) < 4.78 is 10.7. The zero-order valence-electron chi connectivity index (χ0n) is 13.3. The molecule has 1 aromatic carbocycles. The fourth-order valence-electron chi connectivity index (χ4n) is 3.06. The number of amides is 1. The number of hydrogen-bond donors (Lipinski definition) is 0. The van der Waals surface area contributed by atoms with Crippen LogP contribution in [0.4, 0.5) is 0 Å². The van der Waals surface area contributed by atoms with Crippen molar-refractivity contribution in [3.8, 4) is 11.5 Å². The van der Waals surface area contributed by atoms with E-state index in [-0.39, 0.29) is 12.7 Å². The Bertz CT molecular complexity index is 717. The second-order valence-electron chi connectivity index (χ2n) is 5.91. The third kappa shape index (κ3) is 3.39. The standard InChI is InChI=1S/C18H19NO3S2/c20-18(11-13-3-4-14-15(10-13)22-12-21-14)19-6-5-17(24-9-7-19)16-2-1-8-23-16/h1-4,8,10,17H,5-7,9,11-12H2/t17-/m1/s1. The summed E-state index contributed by atoms with van der Waals surface area (Å²) >= 11 is 3.78. The topological polar surface area (TPSA) is 38.8 Å². The summed E-state index contributed by atoms with van der Waals surface area (Å²) in [5, 5.41) is 2.65. The van der Waals surface area contributed by atoms with Gasteiger partial charge in [0.25, 0.3) is 0 Å².